The quantitative estimate of drug-likeness (QED) is 0.448. The molecule has 0 amide bonds. The lowest BCUT2D eigenvalue weighted by Gasteiger charge is -1.61. The van der Waals surface area contributed by atoms with Gasteiger partial charge in [-0.15, -0.1) is 0 Å². The molecule has 36 valence electrons. The molecule has 0 rings (SSSR count). The third kappa shape index (κ3) is 1300. The van der Waals surface area contributed by atoms with Crippen molar-refractivity contribution in [1.82, 2.24) is 0 Å². The van der Waals surface area contributed by atoms with E-state index in [0.29, 0.717) is 0 Å². The first-order valence-corrected chi connectivity index (χ1v) is 2.04. The molecule has 0 N–H and O–H groups in total. The second kappa shape index (κ2) is 19.0. The van der Waals surface area contributed by atoms with Crippen LogP contribution in [0.2, 0.25) is 0 Å². The first-order valence-electron chi connectivity index (χ1n) is 1.22. The Kier molecular flexibility index (Phi) is 30.1. The minimum absolute atomic E-state index is 1.62. The van der Waals surface area contributed by atoms with E-state index in [9.17, 15) is 0 Å². The molecule has 0 radical (unpaired) electrons. The predicted octanol–water partition coefficient (Wildman–Crippen LogP) is 1.28. The average Bonchev–Trinajstić information content (AvgIpc) is 1.39. The van der Waals surface area contributed by atoms with Gasteiger partial charge < -0.3 is 4.74 Å². The van der Waals surface area contributed by atoms with Gasteiger partial charge in [-0.3, -0.25) is 0 Å². The summed E-state index contributed by atoms with van der Waals surface area (Å²) in [5.74, 6) is 0. The van der Waals surface area contributed by atoms with Gasteiger partial charge in [-0.2, -0.15) is 0 Å². The van der Waals surface area contributed by atoms with Crippen LogP contribution in [-0.2, 0) is 4.74 Å². The van der Waals surface area contributed by atoms with Crippen LogP contribution in [0.3, 0.4) is 0 Å². The topological polar surface area (TPSA) is 9.23 Å². The van der Waals surface area contributed by atoms with Gasteiger partial charge in [0.1, 0.15) is 0 Å². The Balaban J connectivity index is 0. The van der Waals surface area contributed by atoms with E-state index in [2.05, 4.69) is 29.2 Å². The smallest absolute Gasteiger partial charge is 0.0351 e. The molecule has 0 aliphatic heterocycles. The normalized spacial score (nSPS) is 4.33. The monoisotopic (exact) mass is 122 g/mol. The standard InChI is InChI=1S/C2H6O.CS2/c1-3-2;2-1-3/h1-2H3;. The zero-order valence-electron chi connectivity index (χ0n) is 3.72. The lowest BCUT2D eigenvalue weighted by atomic mass is 11.6. The van der Waals surface area contributed by atoms with Crippen LogP contribution in [0.4, 0.5) is 0 Å². The zero-order valence-corrected chi connectivity index (χ0v) is 5.36. The van der Waals surface area contributed by atoms with Crippen LogP contribution in [0.1, 0.15) is 0 Å². The summed E-state index contributed by atoms with van der Waals surface area (Å²) in [6.45, 7) is 0. The summed E-state index contributed by atoms with van der Waals surface area (Å²) in [5.41, 5.74) is 0. The number of hydrogen-bond donors (Lipinski definition) is 0. The maximum absolute atomic E-state index is 4.25. The van der Waals surface area contributed by atoms with Crippen LogP contribution in [0.15, 0.2) is 0 Å². The second-order valence-electron chi connectivity index (χ2n) is 0.492. The van der Waals surface area contributed by atoms with Gasteiger partial charge in [-0.1, -0.05) is 0 Å². The van der Waals surface area contributed by atoms with Crippen molar-refractivity contribution in [2.24, 2.45) is 0 Å². The SMILES string of the molecule is COC.S=C=S. The van der Waals surface area contributed by atoms with E-state index >= 15 is 0 Å². The molecule has 6 heavy (non-hydrogen) atoms. The number of rotatable bonds is 0. The number of ether oxygens (including phenoxy) is 1. The molecule has 0 aliphatic carbocycles. The van der Waals surface area contributed by atoms with Crippen molar-refractivity contribution in [2.45, 2.75) is 0 Å². The third-order valence-electron chi connectivity index (χ3n) is 0. The molecule has 0 heterocycles. The maximum atomic E-state index is 4.25. The van der Waals surface area contributed by atoms with Gasteiger partial charge in [0.25, 0.3) is 0 Å². The molecule has 0 fully saturated rings. The van der Waals surface area contributed by atoms with E-state index in [1.54, 1.807) is 14.2 Å². The Hall–Kier alpha value is 0.180. The number of thiocarbonyl (C=S) groups is 2. The minimum atomic E-state index is 1.62. The van der Waals surface area contributed by atoms with Crippen LogP contribution in [0.25, 0.3) is 0 Å². The van der Waals surface area contributed by atoms with E-state index in [0.717, 1.165) is 0 Å². The fourth-order valence-corrected chi connectivity index (χ4v) is 0. The summed E-state index contributed by atoms with van der Waals surface area (Å²) in [7, 11) is 3.25. The van der Waals surface area contributed by atoms with Gasteiger partial charge in [0, 0.05) is 18.5 Å². The molecule has 0 bridgehead atoms. The van der Waals surface area contributed by atoms with E-state index < -0.39 is 0 Å². The van der Waals surface area contributed by atoms with Crippen molar-refractivity contribution in [2.75, 3.05) is 14.2 Å². The minimum Gasteiger partial charge on any atom is -0.388 e. The Morgan fingerprint density at radius 1 is 1.33 bits per heavy atom. The molecule has 0 aromatic rings. The molecule has 0 unspecified atom stereocenters. The van der Waals surface area contributed by atoms with Crippen molar-refractivity contribution in [3.8, 4) is 0 Å². The van der Waals surface area contributed by atoms with E-state index in [4.69, 9.17) is 0 Å². The summed E-state index contributed by atoms with van der Waals surface area (Å²) in [4.78, 5) is 0. The molecule has 0 aliphatic rings. The van der Waals surface area contributed by atoms with Gasteiger partial charge in [0.2, 0.25) is 0 Å². The first kappa shape index (κ1) is 9.49. The summed E-state index contributed by atoms with van der Waals surface area (Å²) in [6.07, 6.45) is 0. The molecular weight excluding hydrogens is 116 g/mol. The molecule has 0 saturated heterocycles. The van der Waals surface area contributed by atoms with Crippen molar-refractivity contribution in [3.63, 3.8) is 0 Å². The van der Waals surface area contributed by atoms with Crippen LogP contribution >= 0.6 is 24.4 Å². The van der Waals surface area contributed by atoms with Crippen LogP contribution < -0.4 is 0 Å². The highest BCUT2D eigenvalue weighted by atomic mass is 32.1. The van der Waals surface area contributed by atoms with Crippen molar-refractivity contribution < 1.29 is 4.74 Å². The molecule has 3 heteroatoms. The second-order valence-corrected chi connectivity index (χ2v) is 1.16. The Morgan fingerprint density at radius 2 is 1.33 bits per heavy atom. The maximum Gasteiger partial charge on any atom is 0.0351 e. The highest BCUT2D eigenvalue weighted by Crippen LogP contribution is 1.29. The predicted molar refractivity (Wildman–Crippen MR) is 33.1 cm³/mol. The molecule has 0 aromatic carbocycles. The summed E-state index contributed by atoms with van der Waals surface area (Å²) in [5, 5.41) is 0. The van der Waals surface area contributed by atoms with Crippen molar-refractivity contribution in [3.05, 3.63) is 0 Å². The third-order valence-corrected chi connectivity index (χ3v) is 0. The van der Waals surface area contributed by atoms with Gasteiger partial charge in [-0.05, 0) is 24.4 Å². The first-order chi connectivity index (χ1) is 2.83. The van der Waals surface area contributed by atoms with E-state index in [1.165, 1.54) is 0 Å². The lowest BCUT2D eigenvalue weighted by Crippen LogP contribution is -1.55. The van der Waals surface area contributed by atoms with Crippen molar-refractivity contribution in [1.29, 1.82) is 0 Å². The Bertz CT molecular complexity index is 38.1. The zero-order chi connectivity index (χ0) is 5.41. The molecule has 1 nitrogen and oxygen atoms in total. The van der Waals surface area contributed by atoms with Gasteiger partial charge >= 0.3 is 0 Å². The number of hydrogen-bond acceptors (Lipinski definition) is 3. The highest BCUT2D eigenvalue weighted by Gasteiger charge is 1.25. The molecule has 0 saturated carbocycles. The largest absolute Gasteiger partial charge is 0.388 e. The van der Waals surface area contributed by atoms with Crippen LogP contribution in [0, 0.1) is 0 Å². The lowest BCUT2D eigenvalue weighted by molar-refractivity contribution is 0.277. The fourth-order valence-electron chi connectivity index (χ4n) is 0. The fraction of sp³-hybridized carbons (Fsp3) is 0.667. The Morgan fingerprint density at radius 3 is 1.33 bits per heavy atom. The molecular formula is C3H6OS2. The number of methoxy groups -OCH3 is 1. The van der Waals surface area contributed by atoms with Gasteiger partial charge in [-0.25, -0.2) is 0 Å². The van der Waals surface area contributed by atoms with E-state index in [1.807, 2.05) is 4.31 Å². The highest BCUT2D eigenvalue weighted by molar-refractivity contribution is 7.93. The summed E-state index contributed by atoms with van der Waals surface area (Å²) in [6, 6.07) is 0. The van der Waals surface area contributed by atoms with Crippen LogP contribution in [0.5, 0.6) is 0 Å². The average molecular weight is 122 g/mol. The summed E-state index contributed by atoms with van der Waals surface area (Å²) < 4.78 is 6.17. The Labute approximate surface area is 48.3 Å². The molecule has 0 aromatic heterocycles. The summed E-state index contributed by atoms with van der Waals surface area (Å²) >= 11 is 7.92. The molecule has 0 spiro atoms. The van der Waals surface area contributed by atoms with E-state index in [-0.39, 0.29) is 0 Å². The van der Waals surface area contributed by atoms with Gasteiger partial charge in [0.05, 0.1) is 0 Å². The van der Waals surface area contributed by atoms with Crippen molar-refractivity contribution >= 4 is 28.7 Å². The van der Waals surface area contributed by atoms with Crippen LogP contribution in [-0.4, -0.2) is 18.5 Å². The molecule has 0 atom stereocenters. The van der Waals surface area contributed by atoms with Gasteiger partial charge in [0.15, 0.2) is 0 Å².